The molecule has 1 unspecified atom stereocenters. The van der Waals surface area contributed by atoms with Crippen molar-refractivity contribution in [3.05, 3.63) is 47.9 Å². The molecule has 1 saturated carbocycles. The van der Waals surface area contributed by atoms with Crippen molar-refractivity contribution < 1.29 is 23.1 Å². The number of alkyl halides is 1. The Morgan fingerprint density at radius 1 is 1.13 bits per heavy atom. The smallest absolute Gasteiger partial charge is 0.407 e. The molecule has 10 heteroatoms. The average molecular weight is 431 g/mol. The molecule has 2 aromatic heterocycles. The van der Waals surface area contributed by atoms with Gasteiger partial charge >= 0.3 is 6.09 Å². The molecule has 1 amide bonds. The Balaban J connectivity index is 1.62. The van der Waals surface area contributed by atoms with Gasteiger partial charge in [0, 0.05) is 31.9 Å². The van der Waals surface area contributed by atoms with Crippen molar-refractivity contribution in [2.75, 3.05) is 31.2 Å². The van der Waals surface area contributed by atoms with E-state index in [1.165, 1.54) is 18.5 Å². The van der Waals surface area contributed by atoms with Crippen molar-refractivity contribution in [2.24, 2.45) is 0 Å². The number of hydrogen-bond acceptors (Lipinski definition) is 4. The highest BCUT2D eigenvalue weighted by Gasteiger charge is 2.34. The van der Waals surface area contributed by atoms with E-state index in [1.54, 1.807) is 4.57 Å². The fourth-order valence-corrected chi connectivity index (χ4v) is 4.32. The molecule has 0 radical (unpaired) electrons. The average Bonchev–Trinajstić information content (AvgIpc) is 3.52. The van der Waals surface area contributed by atoms with Gasteiger partial charge in [-0.3, -0.25) is 4.90 Å². The van der Waals surface area contributed by atoms with Crippen LogP contribution in [0.5, 0.6) is 0 Å². The maximum atomic E-state index is 13.9. The summed E-state index contributed by atoms with van der Waals surface area (Å²) in [5.41, 5.74) is 1.80. The van der Waals surface area contributed by atoms with Crippen LogP contribution >= 0.6 is 0 Å². The van der Waals surface area contributed by atoms with Crippen LogP contribution in [0.1, 0.15) is 24.3 Å². The second kappa shape index (κ2) is 7.44. The number of halogens is 3. The molecule has 1 aliphatic carbocycles. The van der Waals surface area contributed by atoms with Gasteiger partial charge in [0.1, 0.15) is 36.1 Å². The van der Waals surface area contributed by atoms with Gasteiger partial charge in [-0.1, -0.05) is 0 Å². The number of carboxylic acid groups (broad SMARTS) is 1. The summed E-state index contributed by atoms with van der Waals surface area (Å²) in [4.78, 5) is 23.2. The molecule has 0 spiro atoms. The van der Waals surface area contributed by atoms with E-state index in [1.807, 2.05) is 11.1 Å². The number of benzene rings is 1. The van der Waals surface area contributed by atoms with E-state index < -0.39 is 30.4 Å². The molecule has 1 N–H and O–H groups in total. The van der Waals surface area contributed by atoms with Crippen LogP contribution in [-0.4, -0.2) is 63.0 Å². The first-order valence-corrected chi connectivity index (χ1v) is 10.1. The molecule has 1 aliphatic heterocycles. The molecule has 2 fully saturated rings. The molecular formula is C21H20F3N5O2. The molecule has 3 aromatic rings. The Morgan fingerprint density at radius 3 is 2.52 bits per heavy atom. The SMILES string of the molecule is O=C(O)N1CCN(c2ncnc3c2c(C2CC2)cn3-c2cc(F)cc(F)c2)CC1CF. The van der Waals surface area contributed by atoms with E-state index in [-0.39, 0.29) is 13.1 Å². The Kier molecular flexibility index (Phi) is 4.71. The molecular weight excluding hydrogens is 411 g/mol. The number of carbonyl (C=O) groups is 1. The number of piperazine rings is 1. The zero-order valence-electron chi connectivity index (χ0n) is 16.5. The summed E-state index contributed by atoms with van der Waals surface area (Å²) in [7, 11) is 0. The lowest BCUT2D eigenvalue weighted by Crippen LogP contribution is -2.56. The fourth-order valence-electron chi connectivity index (χ4n) is 4.32. The van der Waals surface area contributed by atoms with Crippen LogP contribution in [0.25, 0.3) is 16.7 Å². The first-order valence-electron chi connectivity index (χ1n) is 10.1. The number of rotatable bonds is 4. The minimum atomic E-state index is -1.15. The first-order chi connectivity index (χ1) is 15.0. The molecule has 1 atom stereocenters. The Bertz CT molecular complexity index is 1140. The molecule has 31 heavy (non-hydrogen) atoms. The quantitative estimate of drug-likeness (QED) is 0.682. The van der Waals surface area contributed by atoms with Crippen LogP contribution in [0.2, 0.25) is 0 Å². The lowest BCUT2D eigenvalue weighted by molar-refractivity contribution is 0.108. The number of nitrogens with zero attached hydrogens (tertiary/aromatic N) is 5. The Labute approximate surface area is 175 Å². The van der Waals surface area contributed by atoms with E-state index in [0.29, 0.717) is 29.6 Å². The van der Waals surface area contributed by atoms with Gasteiger partial charge in [-0.2, -0.15) is 0 Å². The van der Waals surface area contributed by atoms with Crippen molar-refractivity contribution in [1.29, 1.82) is 0 Å². The van der Waals surface area contributed by atoms with Gasteiger partial charge in [0.25, 0.3) is 0 Å². The van der Waals surface area contributed by atoms with E-state index in [2.05, 4.69) is 9.97 Å². The third-order valence-electron chi connectivity index (χ3n) is 5.94. The minimum absolute atomic E-state index is 0.157. The molecule has 3 heterocycles. The fraction of sp³-hybridized carbons (Fsp3) is 0.381. The van der Waals surface area contributed by atoms with Gasteiger partial charge in [-0.15, -0.1) is 0 Å². The topological polar surface area (TPSA) is 74.5 Å². The summed E-state index contributed by atoms with van der Waals surface area (Å²) in [6.45, 7) is -0.113. The summed E-state index contributed by atoms with van der Waals surface area (Å²) >= 11 is 0. The second-order valence-corrected chi connectivity index (χ2v) is 7.98. The Hall–Kier alpha value is -3.30. The van der Waals surface area contributed by atoms with Crippen LogP contribution < -0.4 is 4.90 Å². The zero-order valence-corrected chi connectivity index (χ0v) is 16.5. The molecule has 2 aliphatic rings. The van der Waals surface area contributed by atoms with Gasteiger partial charge in [-0.05, 0) is 36.5 Å². The molecule has 7 nitrogen and oxygen atoms in total. The minimum Gasteiger partial charge on any atom is -0.465 e. The maximum absolute atomic E-state index is 13.9. The standard InChI is InChI=1S/C21H20F3N5O2/c22-8-16-9-27(3-4-28(16)21(30)31)19-18-17(12-1-2-12)10-29(20(18)26-11-25-19)15-6-13(23)5-14(24)7-15/h5-7,10-12,16H,1-4,8-9H2,(H,30,31). The highest BCUT2D eigenvalue weighted by atomic mass is 19.1. The molecule has 162 valence electrons. The van der Waals surface area contributed by atoms with Crippen LogP contribution in [-0.2, 0) is 0 Å². The lowest BCUT2D eigenvalue weighted by Gasteiger charge is -2.39. The molecule has 5 rings (SSSR count). The molecule has 1 saturated heterocycles. The highest BCUT2D eigenvalue weighted by Crippen LogP contribution is 2.46. The number of amides is 1. The number of aromatic nitrogens is 3. The highest BCUT2D eigenvalue weighted by molar-refractivity contribution is 5.93. The monoisotopic (exact) mass is 431 g/mol. The third kappa shape index (κ3) is 3.45. The van der Waals surface area contributed by atoms with Crippen molar-refractivity contribution in [3.63, 3.8) is 0 Å². The molecule has 0 bridgehead atoms. The summed E-state index contributed by atoms with van der Waals surface area (Å²) in [6.07, 6.45) is 4.05. The van der Waals surface area contributed by atoms with Crippen molar-refractivity contribution >= 4 is 22.9 Å². The van der Waals surface area contributed by atoms with Gasteiger partial charge in [0.15, 0.2) is 0 Å². The van der Waals surface area contributed by atoms with E-state index in [9.17, 15) is 23.1 Å². The number of anilines is 1. The summed E-state index contributed by atoms with van der Waals surface area (Å²) in [5, 5.41) is 10.1. The predicted octanol–water partition coefficient (Wildman–Crippen LogP) is 3.71. The van der Waals surface area contributed by atoms with Crippen molar-refractivity contribution in [3.8, 4) is 5.69 Å². The van der Waals surface area contributed by atoms with E-state index in [4.69, 9.17) is 0 Å². The number of fused-ring (bicyclic) bond motifs is 1. The Morgan fingerprint density at radius 2 is 1.87 bits per heavy atom. The maximum Gasteiger partial charge on any atom is 0.407 e. The summed E-state index contributed by atoms with van der Waals surface area (Å²) < 4.78 is 43.0. The van der Waals surface area contributed by atoms with E-state index >= 15 is 0 Å². The predicted molar refractivity (Wildman–Crippen MR) is 107 cm³/mol. The zero-order chi connectivity index (χ0) is 21.7. The normalized spacial score (nSPS) is 19.3. The summed E-state index contributed by atoms with van der Waals surface area (Å²) in [5.74, 6) is -0.487. The van der Waals surface area contributed by atoms with Crippen LogP contribution in [0, 0.1) is 11.6 Å². The van der Waals surface area contributed by atoms with Gasteiger partial charge < -0.3 is 14.6 Å². The first kappa shape index (κ1) is 19.7. The van der Waals surface area contributed by atoms with Gasteiger partial charge in [0.05, 0.1) is 17.1 Å². The molecule has 1 aromatic carbocycles. The second-order valence-electron chi connectivity index (χ2n) is 7.98. The third-order valence-corrected chi connectivity index (χ3v) is 5.94. The largest absolute Gasteiger partial charge is 0.465 e. The van der Waals surface area contributed by atoms with Crippen LogP contribution in [0.15, 0.2) is 30.7 Å². The van der Waals surface area contributed by atoms with Crippen molar-refractivity contribution in [2.45, 2.75) is 24.8 Å². The van der Waals surface area contributed by atoms with Crippen molar-refractivity contribution in [1.82, 2.24) is 19.4 Å². The number of hydrogen-bond donors (Lipinski definition) is 1. The van der Waals surface area contributed by atoms with Crippen LogP contribution in [0.4, 0.5) is 23.8 Å². The van der Waals surface area contributed by atoms with Crippen LogP contribution in [0.3, 0.4) is 0 Å². The summed E-state index contributed by atoms with van der Waals surface area (Å²) in [6, 6.07) is 2.51. The van der Waals surface area contributed by atoms with Gasteiger partial charge in [0.2, 0.25) is 0 Å². The van der Waals surface area contributed by atoms with E-state index in [0.717, 1.165) is 34.8 Å². The van der Waals surface area contributed by atoms with Gasteiger partial charge in [-0.25, -0.2) is 27.9 Å². The lowest BCUT2D eigenvalue weighted by atomic mass is 10.1.